The Balaban J connectivity index is 2.19. The molecule has 1 atom stereocenters. The van der Waals surface area contributed by atoms with Crippen LogP contribution in [0, 0.1) is 0 Å². The van der Waals surface area contributed by atoms with Crippen LogP contribution in [0.1, 0.15) is 26.3 Å². The number of aromatic nitrogens is 1. The van der Waals surface area contributed by atoms with Crippen molar-refractivity contribution in [3.8, 4) is 17.5 Å². The van der Waals surface area contributed by atoms with Crippen molar-refractivity contribution in [3.05, 3.63) is 47.0 Å². The smallest absolute Gasteiger partial charge is 0.225 e. The molecule has 0 amide bonds. The van der Waals surface area contributed by atoms with Crippen LogP contribution in [0.15, 0.2) is 40.8 Å². The first kappa shape index (κ1) is 18.4. The average molecular weight is 367 g/mol. The Bertz CT molecular complexity index is 755. The molecule has 1 aromatic heterocycles. The maximum atomic E-state index is 12.0. The van der Waals surface area contributed by atoms with Crippen molar-refractivity contribution in [1.29, 1.82) is 0 Å². The summed E-state index contributed by atoms with van der Waals surface area (Å²) in [5.41, 5.74) is 0.624. The Hall–Kier alpha value is -1.92. The standard InChI is InChI=1S/C17H19ClN2O3S/c1-17(2,3)24(21)19-11-12-5-10-15(20-16(12)22-4)23-14-8-6-13(18)7-9-14/h5-11H,1-4H3/b19-11+/t24-/m1/s1. The van der Waals surface area contributed by atoms with Gasteiger partial charge in [-0.3, -0.25) is 0 Å². The van der Waals surface area contributed by atoms with Gasteiger partial charge in [-0.15, -0.1) is 0 Å². The van der Waals surface area contributed by atoms with Crippen molar-refractivity contribution in [2.45, 2.75) is 25.5 Å². The van der Waals surface area contributed by atoms with E-state index in [2.05, 4.69) is 9.38 Å². The lowest BCUT2D eigenvalue weighted by Gasteiger charge is -2.13. The molecule has 0 bridgehead atoms. The van der Waals surface area contributed by atoms with E-state index in [9.17, 15) is 4.21 Å². The van der Waals surface area contributed by atoms with Crippen molar-refractivity contribution in [2.75, 3.05) is 7.11 Å². The molecular formula is C17H19ClN2O3S. The molecule has 2 rings (SSSR count). The highest BCUT2D eigenvalue weighted by molar-refractivity contribution is 7.85. The lowest BCUT2D eigenvalue weighted by molar-refractivity contribution is 0.383. The molecule has 0 aliphatic rings. The molecule has 0 aliphatic heterocycles. The molecule has 0 spiro atoms. The van der Waals surface area contributed by atoms with Gasteiger partial charge in [0.2, 0.25) is 11.8 Å². The molecule has 1 aromatic carbocycles. The SMILES string of the molecule is COc1nc(Oc2ccc(Cl)cc2)ccc1/C=N/[S@](=O)C(C)(C)C. The minimum Gasteiger partial charge on any atom is -0.480 e. The summed E-state index contributed by atoms with van der Waals surface area (Å²) in [4.78, 5) is 4.28. The fraction of sp³-hybridized carbons (Fsp3) is 0.294. The molecule has 0 saturated heterocycles. The lowest BCUT2D eigenvalue weighted by Crippen LogP contribution is -2.19. The van der Waals surface area contributed by atoms with Crippen molar-refractivity contribution in [3.63, 3.8) is 0 Å². The molecule has 7 heteroatoms. The van der Waals surface area contributed by atoms with E-state index in [0.29, 0.717) is 28.1 Å². The molecule has 2 aromatic rings. The second-order valence-electron chi connectivity index (χ2n) is 5.90. The summed E-state index contributed by atoms with van der Waals surface area (Å²) in [6.45, 7) is 5.58. The molecule has 128 valence electrons. The number of hydrogen-bond acceptors (Lipinski definition) is 4. The van der Waals surface area contributed by atoms with Crippen LogP contribution in [0.25, 0.3) is 0 Å². The van der Waals surface area contributed by atoms with E-state index < -0.39 is 15.7 Å². The van der Waals surface area contributed by atoms with Gasteiger partial charge in [-0.25, -0.2) is 4.21 Å². The zero-order valence-electron chi connectivity index (χ0n) is 13.9. The van der Waals surface area contributed by atoms with Crippen LogP contribution in [0.5, 0.6) is 17.5 Å². The Morgan fingerprint density at radius 3 is 2.42 bits per heavy atom. The summed E-state index contributed by atoms with van der Waals surface area (Å²) < 4.78 is 26.6. The van der Waals surface area contributed by atoms with Crippen molar-refractivity contribution in [2.24, 2.45) is 4.40 Å². The van der Waals surface area contributed by atoms with Gasteiger partial charge in [-0.2, -0.15) is 9.38 Å². The van der Waals surface area contributed by atoms with Gasteiger partial charge in [0.1, 0.15) is 16.7 Å². The minimum atomic E-state index is -1.34. The molecular weight excluding hydrogens is 348 g/mol. The maximum Gasteiger partial charge on any atom is 0.225 e. The van der Waals surface area contributed by atoms with E-state index in [-0.39, 0.29) is 0 Å². The van der Waals surface area contributed by atoms with Crippen molar-refractivity contribution in [1.82, 2.24) is 4.98 Å². The Kier molecular flexibility index (Phi) is 5.96. The fourth-order valence-corrected chi connectivity index (χ4v) is 2.29. The molecule has 5 nitrogen and oxygen atoms in total. The molecule has 0 saturated carbocycles. The van der Waals surface area contributed by atoms with E-state index in [1.54, 1.807) is 36.4 Å². The zero-order chi connectivity index (χ0) is 17.7. The predicted molar refractivity (Wildman–Crippen MR) is 97.8 cm³/mol. The Morgan fingerprint density at radius 2 is 1.83 bits per heavy atom. The third-order valence-electron chi connectivity index (χ3n) is 2.90. The molecule has 0 aliphatic carbocycles. The van der Waals surface area contributed by atoms with Gasteiger partial charge in [0.25, 0.3) is 0 Å². The number of hydrogen-bond donors (Lipinski definition) is 0. The normalized spacial score (nSPS) is 13.0. The molecule has 0 fully saturated rings. The van der Waals surface area contributed by atoms with E-state index >= 15 is 0 Å². The van der Waals surface area contributed by atoms with Gasteiger partial charge in [-0.05, 0) is 51.1 Å². The summed E-state index contributed by atoms with van der Waals surface area (Å²) >= 11 is 5.84. The number of pyridine rings is 1. The second-order valence-corrected chi connectivity index (χ2v) is 8.27. The number of rotatable bonds is 5. The molecule has 0 N–H and O–H groups in total. The Labute approximate surface area is 149 Å². The van der Waals surface area contributed by atoms with Crippen molar-refractivity contribution >= 4 is 28.8 Å². The fourth-order valence-electron chi connectivity index (χ4n) is 1.64. The van der Waals surface area contributed by atoms with Crippen LogP contribution >= 0.6 is 11.6 Å². The number of nitrogens with zero attached hydrogens (tertiary/aromatic N) is 2. The predicted octanol–water partition coefficient (Wildman–Crippen LogP) is 4.42. The monoisotopic (exact) mass is 366 g/mol. The Morgan fingerprint density at radius 1 is 1.17 bits per heavy atom. The summed E-state index contributed by atoms with van der Waals surface area (Å²) in [5.74, 6) is 1.34. The van der Waals surface area contributed by atoms with Crippen LogP contribution < -0.4 is 9.47 Å². The summed E-state index contributed by atoms with van der Waals surface area (Å²) in [5, 5.41) is 0.631. The minimum absolute atomic E-state index is 0.344. The van der Waals surface area contributed by atoms with Crippen LogP contribution in [0.4, 0.5) is 0 Å². The summed E-state index contributed by atoms with van der Waals surface area (Å²) in [7, 11) is 0.162. The van der Waals surface area contributed by atoms with Crippen molar-refractivity contribution < 1.29 is 13.7 Å². The largest absolute Gasteiger partial charge is 0.480 e. The quantitative estimate of drug-likeness (QED) is 0.735. The summed E-state index contributed by atoms with van der Waals surface area (Å²) in [6.07, 6.45) is 1.50. The molecule has 0 radical (unpaired) electrons. The third-order valence-corrected chi connectivity index (χ3v) is 4.50. The van der Waals surface area contributed by atoms with Crippen LogP contribution in [0.3, 0.4) is 0 Å². The van der Waals surface area contributed by atoms with Crippen LogP contribution in [-0.4, -0.2) is 27.3 Å². The molecule has 0 unspecified atom stereocenters. The highest BCUT2D eigenvalue weighted by Crippen LogP contribution is 2.25. The summed E-state index contributed by atoms with van der Waals surface area (Å²) in [6, 6.07) is 10.4. The van der Waals surface area contributed by atoms with Gasteiger partial charge in [0.15, 0.2) is 0 Å². The van der Waals surface area contributed by atoms with Gasteiger partial charge in [0, 0.05) is 11.1 Å². The lowest BCUT2D eigenvalue weighted by atomic mass is 10.3. The van der Waals surface area contributed by atoms with Gasteiger partial charge >= 0.3 is 0 Å². The van der Waals surface area contributed by atoms with Gasteiger partial charge in [0.05, 0.1) is 23.6 Å². The highest BCUT2D eigenvalue weighted by Gasteiger charge is 2.18. The number of halogens is 1. The first-order chi connectivity index (χ1) is 11.3. The molecule has 24 heavy (non-hydrogen) atoms. The number of ether oxygens (including phenoxy) is 2. The van der Waals surface area contributed by atoms with Gasteiger partial charge in [-0.1, -0.05) is 11.6 Å². The van der Waals surface area contributed by atoms with Crippen LogP contribution in [0.2, 0.25) is 5.02 Å². The first-order valence-corrected chi connectivity index (χ1v) is 8.72. The zero-order valence-corrected chi connectivity index (χ0v) is 15.5. The highest BCUT2D eigenvalue weighted by atomic mass is 35.5. The number of methoxy groups -OCH3 is 1. The number of benzene rings is 1. The van der Waals surface area contributed by atoms with Gasteiger partial charge < -0.3 is 9.47 Å². The second kappa shape index (κ2) is 7.77. The van der Waals surface area contributed by atoms with Crippen LogP contribution in [-0.2, 0) is 11.0 Å². The first-order valence-electron chi connectivity index (χ1n) is 7.24. The van der Waals surface area contributed by atoms with E-state index in [4.69, 9.17) is 21.1 Å². The topological polar surface area (TPSA) is 60.8 Å². The maximum absolute atomic E-state index is 12.0. The van der Waals surface area contributed by atoms with E-state index in [1.807, 2.05) is 20.8 Å². The van der Waals surface area contributed by atoms with E-state index in [0.717, 1.165) is 0 Å². The average Bonchev–Trinajstić information content (AvgIpc) is 2.54. The van der Waals surface area contributed by atoms with E-state index in [1.165, 1.54) is 13.3 Å². The molecule has 1 heterocycles. The third kappa shape index (κ3) is 5.04.